The molecule has 0 spiro atoms. The molecule has 3 heteroatoms. The van der Waals surface area contributed by atoms with E-state index in [1.54, 1.807) is 0 Å². The molecule has 0 saturated carbocycles. The molecule has 0 radical (unpaired) electrons. The number of hydrogen-bond donors (Lipinski definition) is 3. The fourth-order valence-electron chi connectivity index (χ4n) is 0.596. The Hall–Kier alpha value is -0.120. The van der Waals surface area contributed by atoms with Gasteiger partial charge in [0.25, 0.3) is 0 Å². The maximum atomic E-state index is 8.59. The lowest BCUT2D eigenvalue weighted by atomic mass is 9.83. The SMILES string of the molecule is CC(C)(N)C(C)(C)NCCO. The molecule has 0 aromatic rings. The number of hydrogen-bond acceptors (Lipinski definition) is 3. The molecular weight excluding hydrogens is 140 g/mol. The third kappa shape index (κ3) is 3.18. The molecule has 0 aliphatic carbocycles. The Morgan fingerprint density at radius 3 is 2.00 bits per heavy atom. The molecule has 0 aliphatic rings. The molecule has 0 heterocycles. The van der Waals surface area contributed by atoms with Crippen LogP contribution in [0.15, 0.2) is 0 Å². The maximum absolute atomic E-state index is 8.59. The molecule has 11 heavy (non-hydrogen) atoms. The lowest BCUT2D eigenvalue weighted by Crippen LogP contribution is -2.61. The van der Waals surface area contributed by atoms with E-state index in [1.807, 2.05) is 27.7 Å². The molecule has 0 bridgehead atoms. The molecule has 0 unspecified atom stereocenters. The van der Waals surface area contributed by atoms with Crippen LogP contribution < -0.4 is 11.1 Å². The first-order valence-electron chi connectivity index (χ1n) is 3.96. The highest BCUT2D eigenvalue weighted by Gasteiger charge is 2.32. The van der Waals surface area contributed by atoms with Crippen LogP contribution in [0.25, 0.3) is 0 Å². The first kappa shape index (κ1) is 10.9. The van der Waals surface area contributed by atoms with Gasteiger partial charge in [0.2, 0.25) is 0 Å². The lowest BCUT2D eigenvalue weighted by molar-refractivity contribution is 0.212. The van der Waals surface area contributed by atoms with Gasteiger partial charge in [-0.1, -0.05) is 0 Å². The predicted molar refractivity (Wildman–Crippen MR) is 47.4 cm³/mol. The maximum Gasteiger partial charge on any atom is 0.0556 e. The van der Waals surface area contributed by atoms with Crippen molar-refractivity contribution >= 4 is 0 Å². The summed E-state index contributed by atoms with van der Waals surface area (Å²) >= 11 is 0. The number of aliphatic hydroxyl groups is 1. The van der Waals surface area contributed by atoms with E-state index in [0.29, 0.717) is 6.54 Å². The third-order valence-electron chi connectivity index (χ3n) is 2.29. The van der Waals surface area contributed by atoms with Crippen LogP contribution in [0.3, 0.4) is 0 Å². The molecule has 0 aromatic heterocycles. The second-order valence-electron chi connectivity index (χ2n) is 4.00. The van der Waals surface area contributed by atoms with E-state index in [-0.39, 0.29) is 17.7 Å². The van der Waals surface area contributed by atoms with Gasteiger partial charge in [-0.25, -0.2) is 0 Å². The van der Waals surface area contributed by atoms with Crippen molar-refractivity contribution < 1.29 is 5.11 Å². The van der Waals surface area contributed by atoms with E-state index in [4.69, 9.17) is 10.8 Å². The summed E-state index contributed by atoms with van der Waals surface area (Å²) in [5.74, 6) is 0. The van der Waals surface area contributed by atoms with E-state index < -0.39 is 0 Å². The van der Waals surface area contributed by atoms with Crippen molar-refractivity contribution in [1.82, 2.24) is 5.32 Å². The molecule has 0 aliphatic heterocycles. The number of nitrogens with one attached hydrogen (secondary N) is 1. The van der Waals surface area contributed by atoms with E-state index in [9.17, 15) is 0 Å². The number of rotatable bonds is 4. The summed E-state index contributed by atoms with van der Waals surface area (Å²) < 4.78 is 0. The first-order valence-corrected chi connectivity index (χ1v) is 3.96. The minimum Gasteiger partial charge on any atom is -0.395 e. The van der Waals surface area contributed by atoms with Crippen molar-refractivity contribution in [2.75, 3.05) is 13.2 Å². The van der Waals surface area contributed by atoms with Crippen LogP contribution in [-0.2, 0) is 0 Å². The molecule has 0 amide bonds. The summed E-state index contributed by atoms with van der Waals surface area (Å²) in [5, 5.41) is 11.8. The summed E-state index contributed by atoms with van der Waals surface area (Å²) in [6.45, 7) is 8.74. The second kappa shape index (κ2) is 3.52. The van der Waals surface area contributed by atoms with Crippen LogP contribution in [0, 0.1) is 0 Å². The van der Waals surface area contributed by atoms with E-state index in [0.717, 1.165) is 0 Å². The van der Waals surface area contributed by atoms with E-state index in [1.165, 1.54) is 0 Å². The summed E-state index contributed by atoms with van der Waals surface area (Å²) in [6, 6.07) is 0. The van der Waals surface area contributed by atoms with Crippen LogP contribution >= 0.6 is 0 Å². The fourth-order valence-corrected chi connectivity index (χ4v) is 0.596. The number of aliphatic hydroxyl groups excluding tert-OH is 1. The van der Waals surface area contributed by atoms with Crippen molar-refractivity contribution in [3.05, 3.63) is 0 Å². The highest BCUT2D eigenvalue weighted by molar-refractivity contribution is 4.96. The summed E-state index contributed by atoms with van der Waals surface area (Å²) in [4.78, 5) is 0. The van der Waals surface area contributed by atoms with Gasteiger partial charge in [0.15, 0.2) is 0 Å². The van der Waals surface area contributed by atoms with E-state index >= 15 is 0 Å². The average Bonchev–Trinajstić information content (AvgIpc) is 1.81. The van der Waals surface area contributed by atoms with Gasteiger partial charge in [-0.05, 0) is 27.7 Å². The predicted octanol–water partition coefficient (Wildman–Crippen LogP) is 0.0842. The van der Waals surface area contributed by atoms with Crippen LogP contribution in [0.4, 0.5) is 0 Å². The smallest absolute Gasteiger partial charge is 0.0556 e. The molecule has 3 nitrogen and oxygen atoms in total. The molecule has 0 saturated heterocycles. The first-order chi connectivity index (χ1) is 4.81. The second-order valence-corrected chi connectivity index (χ2v) is 4.00. The van der Waals surface area contributed by atoms with Gasteiger partial charge in [0.1, 0.15) is 0 Å². The van der Waals surface area contributed by atoms with Crippen LogP contribution in [-0.4, -0.2) is 29.3 Å². The van der Waals surface area contributed by atoms with Gasteiger partial charge in [0, 0.05) is 17.6 Å². The highest BCUT2D eigenvalue weighted by atomic mass is 16.3. The summed E-state index contributed by atoms with van der Waals surface area (Å²) in [6.07, 6.45) is 0. The number of nitrogens with two attached hydrogens (primary N) is 1. The van der Waals surface area contributed by atoms with Gasteiger partial charge in [-0.3, -0.25) is 0 Å². The topological polar surface area (TPSA) is 58.3 Å². The largest absolute Gasteiger partial charge is 0.395 e. The Balaban J connectivity index is 4.00. The van der Waals surface area contributed by atoms with Crippen molar-refractivity contribution in [2.24, 2.45) is 5.73 Å². The zero-order chi connectivity index (χ0) is 9.12. The van der Waals surface area contributed by atoms with Gasteiger partial charge in [-0.15, -0.1) is 0 Å². The monoisotopic (exact) mass is 160 g/mol. The molecule has 4 N–H and O–H groups in total. The van der Waals surface area contributed by atoms with Gasteiger partial charge >= 0.3 is 0 Å². The standard InChI is InChI=1S/C8H20N2O/c1-7(2,9)8(3,4)10-5-6-11/h10-11H,5-6,9H2,1-4H3. The van der Waals surface area contributed by atoms with Crippen molar-refractivity contribution in [2.45, 2.75) is 38.8 Å². The normalized spacial score (nSPS) is 13.6. The lowest BCUT2D eigenvalue weighted by Gasteiger charge is -2.39. The summed E-state index contributed by atoms with van der Waals surface area (Å²) in [5.41, 5.74) is 5.49. The average molecular weight is 160 g/mol. The van der Waals surface area contributed by atoms with Crippen LogP contribution in [0.5, 0.6) is 0 Å². The zero-order valence-corrected chi connectivity index (χ0v) is 7.94. The van der Waals surface area contributed by atoms with Crippen LogP contribution in [0.2, 0.25) is 0 Å². The third-order valence-corrected chi connectivity index (χ3v) is 2.29. The Kier molecular flexibility index (Phi) is 3.48. The van der Waals surface area contributed by atoms with Crippen molar-refractivity contribution in [3.63, 3.8) is 0 Å². The Labute approximate surface area is 69.0 Å². The van der Waals surface area contributed by atoms with Crippen LogP contribution in [0.1, 0.15) is 27.7 Å². The highest BCUT2D eigenvalue weighted by Crippen LogP contribution is 2.16. The van der Waals surface area contributed by atoms with Gasteiger partial charge < -0.3 is 16.2 Å². The Morgan fingerprint density at radius 1 is 1.27 bits per heavy atom. The molecule has 0 atom stereocenters. The van der Waals surface area contributed by atoms with E-state index in [2.05, 4.69) is 5.32 Å². The Morgan fingerprint density at radius 2 is 1.73 bits per heavy atom. The quantitative estimate of drug-likeness (QED) is 0.546. The Bertz CT molecular complexity index is 116. The van der Waals surface area contributed by atoms with Crippen molar-refractivity contribution in [3.8, 4) is 0 Å². The zero-order valence-electron chi connectivity index (χ0n) is 7.94. The molecular formula is C8H20N2O. The molecule has 0 aromatic carbocycles. The van der Waals surface area contributed by atoms with Gasteiger partial charge in [0.05, 0.1) is 6.61 Å². The number of β-amino-alcohol motifs (C(OH)–C–C–N with tert-alkyl or cyclic N) is 1. The molecule has 0 rings (SSSR count). The fraction of sp³-hybridized carbons (Fsp3) is 1.00. The van der Waals surface area contributed by atoms with Gasteiger partial charge in [-0.2, -0.15) is 0 Å². The minimum atomic E-state index is -0.276. The molecule has 68 valence electrons. The minimum absolute atomic E-state index is 0.143. The molecule has 0 fully saturated rings. The van der Waals surface area contributed by atoms with Crippen molar-refractivity contribution in [1.29, 1.82) is 0 Å². The summed E-state index contributed by atoms with van der Waals surface area (Å²) in [7, 11) is 0.